The Balaban J connectivity index is 1.73. The monoisotopic (exact) mass is 306 g/mol. The van der Waals surface area contributed by atoms with Crippen molar-refractivity contribution in [3.05, 3.63) is 41.2 Å². The number of nitrogens with zero attached hydrogens (tertiary/aromatic N) is 2. The Morgan fingerprint density at radius 3 is 2.86 bits per heavy atom. The second-order valence-electron chi connectivity index (χ2n) is 5.15. The largest absolute Gasteiger partial charge is 0.399 e. The van der Waals surface area contributed by atoms with E-state index in [2.05, 4.69) is 10.4 Å². The summed E-state index contributed by atoms with van der Waals surface area (Å²) < 4.78 is 1.63. The molecule has 1 amide bonds. The zero-order chi connectivity index (χ0) is 15.0. The van der Waals surface area contributed by atoms with Gasteiger partial charge in [0.05, 0.1) is 23.9 Å². The number of amides is 1. The molecule has 2 atom stereocenters. The van der Waals surface area contributed by atoms with Crippen molar-refractivity contribution in [1.29, 1.82) is 0 Å². The molecule has 110 valence electrons. The van der Waals surface area contributed by atoms with Crippen molar-refractivity contribution >= 4 is 28.9 Å². The van der Waals surface area contributed by atoms with E-state index in [0.717, 1.165) is 12.8 Å². The third kappa shape index (κ3) is 2.86. The molecule has 21 heavy (non-hydrogen) atoms. The van der Waals surface area contributed by atoms with Gasteiger partial charge in [-0.3, -0.25) is 9.48 Å². The fraction of sp³-hybridized carbons (Fsp3) is 0.286. The number of hydrogen-bond donors (Lipinski definition) is 3. The number of carbonyl (C=O) groups is 1. The van der Waals surface area contributed by atoms with E-state index in [-0.39, 0.29) is 18.1 Å². The molecule has 0 radical (unpaired) electrons. The minimum absolute atomic E-state index is 0.0339. The van der Waals surface area contributed by atoms with Crippen LogP contribution in [-0.4, -0.2) is 26.9 Å². The van der Waals surface area contributed by atoms with Gasteiger partial charge in [-0.2, -0.15) is 5.10 Å². The molecular formula is C14H15ClN4O2. The molecule has 1 heterocycles. The van der Waals surface area contributed by atoms with Gasteiger partial charge in [0.15, 0.2) is 0 Å². The van der Waals surface area contributed by atoms with Crippen LogP contribution in [0.5, 0.6) is 0 Å². The Hall–Kier alpha value is -2.05. The van der Waals surface area contributed by atoms with Gasteiger partial charge >= 0.3 is 0 Å². The lowest BCUT2D eigenvalue weighted by molar-refractivity contribution is 0.0253. The molecule has 3 rings (SSSR count). The molecule has 1 fully saturated rings. The van der Waals surface area contributed by atoms with Crippen molar-refractivity contribution in [2.24, 2.45) is 0 Å². The van der Waals surface area contributed by atoms with Gasteiger partial charge in [0.25, 0.3) is 5.91 Å². The van der Waals surface area contributed by atoms with E-state index in [4.69, 9.17) is 17.3 Å². The van der Waals surface area contributed by atoms with Gasteiger partial charge in [0, 0.05) is 22.6 Å². The number of nitrogens with two attached hydrogens (primary N) is 1. The summed E-state index contributed by atoms with van der Waals surface area (Å²) in [7, 11) is 0. The SMILES string of the molecule is Nc1cc(Cl)cc(NC(=O)c2cnn([C@H]3CC[C@H]3O)c2)c1. The molecule has 1 aliphatic carbocycles. The van der Waals surface area contributed by atoms with Gasteiger partial charge in [-0.25, -0.2) is 0 Å². The summed E-state index contributed by atoms with van der Waals surface area (Å²) in [5, 5.41) is 16.9. The van der Waals surface area contributed by atoms with Crippen LogP contribution in [0.1, 0.15) is 29.2 Å². The summed E-state index contributed by atoms with van der Waals surface area (Å²) >= 11 is 5.89. The average Bonchev–Trinajstić information content (AvgIpc) is 2.85. The van der Waals surface area contributed by atoms with Crippen molar-refractivity contribution in [3.63, 3.8) is 0 Å². The maximum atomic E-state index is 12.1. The number of aromatic nitrogens is 2. The number of nitrogens with one attached hydrogen (secondary N) is 1. The quantitative estimate of drug-likeness (QED) is 0.757. The predicted molar refractivity (Wildman–Crippen MR) is 80.3 cm³/mol. The van der Waals surface area contributed by atoms with Crippen LogP contribution < -0.4 is 11.1 Å². The molecule has 1 aromatic heterocycles. The first-order valence-electron chi connectivity index (χ1n) is 6.62. The molecular weight excluding hydrogens is 292 g/mol. The van der Waals surface area contributed by atoms with Crippen LogP contribution in [0, 0.1) is 0 Å². The van der Waals surface area contributed by atoms with E-state index in [1.165, 1.54) is 6.20 Å². The fourth-order valence-electron chi connectivity index (χ4n) is 2.30. The maximum absolute atomic E-state index is 12.1. The van der Waals surface area contributed by atoms with Crippen molar-refractivity contribution in [1.82, 2.24) is 9.78 Å². The molecule has 6 nitrogen and oxygen atoms in total. The third-order valence-electron chi connectivity index (χ3n) is 3.58. The maximum Gasteiger partial charge on any atom is 0.258 e. The molecule has 4 N–H and O–H groups in total. The first-order valence-corrected chi connectivity index (χ1v) is 7.00. The van der Waals surface area contributed by atoms with Gasteiger partial charge in [-0.15, -0.1) is 0 Å². The first-order chi connectivity index (χ1) is 10.0. The summed E-state index contributed by atoms with van der Waals surface area (Å²) in [5.41, 5.74) is 7.11. The van der Waals surface area contributed by atoms with Gasteiger partial charge in [0.1, 0.15) is 0 Å². The Morgan fingerprint density at radius 1 is 1.43 bits per heavy atom. The molecule has 1 saturated carbocycles. The second kappa shape index (κ2) is 5.38. The zero-order valence-corrected chi connectivity index (χ0v) is 11.9. The lowest BCUT2D eigenvalue weighted by Gasteiger charge is -2.32. The standard InChI is InChI=1S/C14H15ClN4O2/c15-9-3-10(16)5-11(4-9)18-14(21)8-6-17-19(7-8)12-1-2-13(12)20/h3-7,12-13,20H,1-2,16H2,(H,18,21)/t12-,13+/m0/s1. The van der Waals surface area contributed by atoms with E-state index in [0.29, 0.717) is 22.0 Å². The number of aliphatic hydroxyl groups is 1. The lowest BCUT2D eigenvalue weighted by atomic mass is 9.89. The van der Waals surface area contributed by atoms with E-state index in [1.807, 2.05) is 0 Å². The number of halogens is 1. The summed E-state index contributed by atoms with van der Waals surface area (Å²) in [5.74, 6) is -0.295. The Kier molecular flexibility index (Phi) is 3.57. The highest BCUT2D eigenvalue weighted by Gasteiger charge is 2.31. The topological polar surface area (TPSA) is 93.2 Å². The highest BCUT2D eigenvalue weighted by atomic mass is 35.5. The van der Waals surface area contributed by atoms with Crippen molar-refractivity contribution < 1.29 is 9.90 Å². The number of hydrogen-bond acceptors (Lipinski definition) is 4. The summed E-state index contributed by atoms with van der Waals surface area (Å²) in [6.07, 6.45) is 4.38. The number of rotatable bonds is 3. The number of nitrogen functional groups attached to an aromatic ring is 1. The van der Waals surface area contributed by atoms with Crippen LogP contribution in [0.2, 0.25) is 5.02 Å². The Morgan fingerprint density at radius 2 is 2.24 bits per heavy atom. The molecule has 1 aromatic carbocycles. The predicted octanol–water partition coefficient (Wildman–Crippen LogP) is 2.07. The zero-order valence-electron chi connectivity index (χ0n) is 11.2. The fourth-order valence-corrected chi connectivity index (χ4v) is 2.54. The number of carbonyl (C=O) groups excluding carboxylic acids is 1. The van der Waals surface area contributed by atoms with Crippen LogP contribution in [0.4, 0.5) is 11.4 Å². The smallest absolute Gasteiger partial charge is 0.258 e. The highest BCUT2D eigenvalue weighted by molar-refractivity contribution is 6.31. The molecule has 7 heteroatoms. The van der Waals surface area contributed by atoms with Crippen LogP contribution in [-0.2, 0) is 0 Å². The Bertz CT molecular complexity index is 665. The molecule has 0 unspecified atom stereocenters. The molecule has 0 spiro atoms. The number of benzene rings is 1. The van der Waals surface area contributed by atoms with Crippen LogP contribution in [0.3, 0.4) is 0 Å². The van der Waals surface area contributed by atoms with Crippen molar-refractivity contribution in [3.8, 4) is 0 Å². The van der Waals surface area contributed by atoms with E-state index in [9.17, 15) is 9.90 Å². The second-order valence-corrected chi connectivity index (χ2v) is 5.58. The summed E-state index contributed by atoms with van der Waals surface area (Å²) in [6, 6.07) is 4.82. The van der Waals surface area contributed by atoms with E-state index < -0.39 is 0 Å². The first kappa shape index (κ1) is 13.9. The third-order valence-corrected chi connectivity index (χ3v) is 3.80. The van der Waals surface area contributed by atoms with Crippen molar-refractivity contribution in [2.75, 3.05) is 11.1 Å². The highest BCUT2D eigenvalue weighted by Crippen LogP contribution is 2.31. The summed E-state index contributed by atoms with van der Waals surface area (Å²) in [4.78, 5) is 12.1. The minimum atomic E-state index is -0.381. The van der Waals surface area contributed by atoms with Gasteiger partial charge < -0.3 is 16.2 Å². The number of anilines is 2. The number of aliphatic hydroxyl groups excluding tert-OH is 1. The van der Waals surface area contributed by atoms with Crippen LogP contribution in [0.15, 0.2) is 30.6 Å². The average molecular weight is 307 g/mol. The molecule has 0 aliphatic heterocycles. The van der Waals surface area contributed by atoms with Crippen LogP contribution >= 0.6 is 11.6 Å². The van der Waals surface area contributed by atoms with Gasteiger partial charge in [-0.05, 0) is 31.0 Å². The molecule has 2 aromatic rings. The van der Waals surface area contributed by atoms with E-state index in [1.54, 1.807) is 29.1 Å². The minimum Gasteiger partial charge on any atom is -0.399 e. The van der Waals surface area contributed by atoms with Gasteiger partial charge in [0.2, 0.25) is 0 Å². The van der Waals surface area contributed by atoms with Crippen molar-refractivity contribution in [2.45, 2.75) is 25.0 Å². The van der Waals surface area contributed by atoms with E-state index >= 15 is 0 Å². The molecule has 0 saturated heterocycles. The normalized spacial score (nSPS) is 20.9. The molecule has 1 aliphatic rings. The van der Waals surface area contributed by atoms with Gasteiger partial charge in [-0.1, -0.05) is 11.6 Å². The molecule has 0 bridgehead atoms. The Labute approximate surface area is 126 Å². The van der Waals surface area contributed by atoms with Crippen LogP contribution in [0.25, 0.3) is 0 Å². The lowest BCUT2D eigenvalue weighted by Crippen LogP contribution is -2.33. The summed E-state index contributed by atoms with van der Waals surface area (Å²) in [6.45, 7) is 0.